The number of pyridine rings is 1. The summed E-state index contributed by atoms with van der Waals surface area (Å²) >= 11 is 0. The summed E-state index contributed by atoms with van der Waals surface area (Å²) in [4.78, 5) is 9.66. The Hall–Kier alpha value is -5.43. The Balaban J connectivity index is 1.41. The Bertz CT molecular complexity index is 2430. The molecule has 0 spiro atoms. The number of rotatable bonds is 6. The number of nitrogens with zero attached hydrogens (tertiary/aromatic N) is 3. The van der Waals surface area contributed by atoms with Crippen LogP contribution in [0.25, 0.3) is 71.8 Å². The molecule has 0 saturated heterocycles. The van der Waals surface area contributed by atoms with Crippen LogP contribution in [0, 0.1) is 0 Å². The van der Waals surface area contributed by atoms with Crippen molar-refractivity contribution in [2.24, 2.45) is 0 Å². The zero-order valence-corrected chi connectivity index (χ0v) is 27.1. The van der Waals surface area contributed by atoms with Crippen LogP contribution in [-0.2, 0) is 5.21 Å². The summed E-state index contributed by atoms with van der Waals surface area (Å²) < 4.78 is 2.06. The molecule has 2 aromatic heterocycles. The van der Waals surface area contributed by atoms with Gasteiger partial charge in [-0.3, -0.25) is 9.55 Å². The van der Waals surface area contributed by atoms with Crippen LogP contribution < -0.4 is 0 Å². The van der Waals surface area contributed by atoms with Gasteiger partial charge in [0.2, 0.25) is 0 Å². The normalized spacial score (nSPS) is 12.2. The van der Waals surface area contributed by atoms with Gasteiger partial charge < -0.3 is 10.2 Å². The van der Waals surface area contributed by atoms with Crippen LogP contribution in [0.4, 0.5) is 0 Å². The zero-order chi connectivity index (χ0) is 33.0. The van der Waals surface area contributed by atoms with E-state index in [-0.39, 0.29) is 0 Å². The molecule has 5 nitrogen and oxygen atoms in total. The first-order valence-corrected chi connectivity index (χ1v) is 16.2. The van der Waals surface area contributed by atoms with Crippen LogP contribution in [0.2, 0.25) is 0 Å². The molecule has 0 fully saturated rings. The fourth-order valence-electron chi connectivity index (χ4n) is 6.90. The topological polar surface area (TPSA) is 71.2 Å². The van der Waals surface area contributed by atoms with Gasteiger partial charge in [0, 0.05) is 22.7 Å². The first kappa shape index (κ1) is 29.9. The smallest absolute Gasteiger partial charge is 0.177 e. The Morgan fingerprint density at radius 3 is 1.79 bits per heavy atom. The highest BCUT2D eigenvalue weighted by Gasteiger charge is 2.42. The van der Waals surface area contributed by atoms with Gasteiger partial charge in [0.15, 0.2) is 7.85 Å². The Morgan fingerprint density at radius 2 is 1.15 bits per heavy atom. The van der Waals surface area contributed by atoms with Crippen molar-refractivity contribution in [2.75, 3.05) is 0 Å². The van der Waals surface area contributed by atoms with Crippen molar-refractivity contribution < 1.29 is 10.2 Å². The average Bonchev–Trinajstić information content (AvgIpc) is 3.51. The highest BCUT2D eigenvalue weighted by molar-refractivity contribution is 6.44. The third kappa shape index (κ3) is 4.76. The molecule has 8 aromatic rings. The highest BCUT2D eigenvalue weighted by Crippen LogP contribution is 2.46. The second kappa shape index (κ2) is 11.4. The predicted molar refractivity (Wildman–Crippen MR) is 205 cm³/mol. The molecule has 0 radical (unpaired) electrons. The molecule has 2 N–H and O–H groups in total. The SMILES string of the molecule is BC(O)(O)C(B)(B)c1nc2ccccc2n1-c1cccc(-c2c3ccccc3c(-c3ccccc3-c3ccccn3)c3ccccc23)c1. The van der Waals surface area contributed by atoms with Gasteiger partial charge in [-0.15, -0.1) is 0 Å². The standard InChI is InChI=1S/C40H32B3N3O2/c41-39(42,40(43,47)48)38-45-34-21-7-8-22-35(34)46(38)26-13-11-12-25(24-26)36-29-16-3-5-18-31(29)37(32-19-6-4-17-30(32)36)28-15-2-1-14-27(28)33-20-9-10-23-44-33/h1-24,47-48H,41-43H2. The van der Waals surface area contributed by atoms with E-state index in [1.807, 2.05) is 58.3 Å². The van der Waals surface area contributed by atoms with E-state index in [1.165, 1.54) is 13.4 Å². The van der Waals surface area contributed by atoms with Gasteiger partial charge in [0.1, 0.15) is 27.2 Å². The predicted octanol–water partition coefficient (Wildman–Crippen LogP) is 5.42. The minimum Gasteiger partial charge on any atom is -0.375 e. The Labute approximate surface area is 281 Å². The maximum Gasteiger partial charge on any atom is 0.177 e. The Kier molecular flexibility index (Phi) is 7.09. The third-order valence-corrected chi connectivity index (χ3v) is 9.77. The lowest BCUT2D eigenvalue weighted by atomic mass is 9.45. The second-order valence-electron chi connectivity index (χ2n) is 13.1. The highest BCUT2D eigenvalue weighted by atomic mass is 16.5. The molecule has 228 valence electrons. The summed E-state index contributed by atoms with van der Waals surface area (Å²) in [6, 6.07) is 48.2. The molecular weight excluding hydrogens is 587 g/mol. The fraction of sp³-hybridized carbons (Fsp3) is 0.0500. The summed E-state index contributed by atoms with van der Waals surface area (Å²) in [5, 5.41) is 25.3. The molecule has 0 aliphatic rings. The lowest BCUT2D eigenvalue weighted by molar-refractivity contribution is -0.100. The number of aromatic nitrogens is 3. The molecule has 0 amide bonds. The van der Waals surface area contributed by atoms with Crippen LogP contribution in [0.1, 0.15) is 5.82 Å². The van der Waals surface area contributed by atoms with Crippen LogP contribution >= 0.6 is 0 Å². The van der Waals surface area contributed by atoms with Crippen molar-refractivity contribution in [2.45, 2.75) is 10.9 Å². The number of fused-ring (bicyclic) bond motifs is 3. The van der Waals surface area contributed by atoms with Gasteiger partial charge >= 0.3 is 0 Å². The van der Waals surface area contributed by atoms with Gasteiger partial charge in [-0.1, -0.05) is 103 Å². The number of hydrogen-bond acceptors (Lipinski definition) is 4. The molecule has 6 aromatic carbocycles. The van der Waals surface area contributed by atoms with Crippen molar-refractivity contribution >= 4 is 56.1 Å². The lowest BCUT2D eigenvalue weighted by Crippen LogP contribution is -2.54. The number of aliphatic hydroxyl groups is 2. The molecule has 8 rings (SSSR count). The van der Waals surface area contributed by atoms with E-state index in [0.717, 1.165) is 66.2 Å². The van der Waals surface area contributed by atoms with Gasteiger partial charge in [-0.2, -0.15) is 0 Å². The van der Waals surface area contributed by atoms with Crippen LogP contribution in [0.15, 0.2) is 146 Å². The first-order chi connectivity index (χ1) is 23.2. The lowest BCUT2D eigenvalue weighted by Gasteiger charge is -2.36. The summed E-state index contributed by atoms with van der Waals surface area (Å²) in [5.41, 5.74) is 7.12. The second-order valence-corrected chi connectivity index (χ2v) is 13.1. The van der Waals surface area contributed by atoms with Crippen molar-refractivity contribution in [1.82, 2.24) is 14.5 Å². The van der Waals surface area contributed by atoms with Crippen LogP contribution in [0.5, 0.6) is 0 Å². The molecule has 0 bridgehead atoms. The van der Waals surface area contributed by atoms with E-state index in [0.29, 0.717) is 5.82 Å². The van der Waals surface area contributed by atoms with Crippen molar-refractivity contribution in [1.29, 1.82) is 0 Å². The van der Waals surface area contributed by atoms with Crippen molar-refractivity contribution in [3.63, 3.8) is 0 Å². The van der Waals surface area contributed by atoms with Gasteiger partial charge in [-0.25, -0.2) is 4.98 Å². The Morgan fingerprint density at radius 1 is 0.562 bits per heavy atom. The molecule has 0 atom stereocenters. The summed E-state index contributed by atoms with van der Waals surface area (Å²) in [6.45, 7) is 0. The third-order valence-electron chi connectivity index (χ3n) is 9.77. The summed E-state index contributed by atoms with van der Waals surface area (Å²) in [7, 11) is 5.05. The molecule has 48 heavy (non-hydrogen) atoms. The van der Waals surface area contributed by atoms with Crippen molar-refractivity contribution in [3.05, 3.63) is 152 Å². The van der Waals surface area contributed by atoms with E-state index in [2.05, 4.69) is 108 Å². The van der Waals surface area contributed by atoms with E-state index in [1.54, 1.807) is 0 Å². The quantitative estimate of drug-likeness (QED) is 0.148. The summed E-state index contributed by atoms with van der Waals surface area (Å²) in [6.07, 6.45) is 1.84. The molecule has 0 saturated carbocycles. The number of para-hydroxylation sites is 2. The number of hydrogen-bond donors (Lipinski definition) is 2. The molecule has 0 aliphatic heterocycles. The molecule has 0 unspecified atom stereocenters. The molecule has 2 heterocycles. The average molecular weight is 619 g/mol. The van der Waals surface area contributed by atoms with E-state index < -0.39 is 10.9 Å². The largest absolute Gasteiger partial charge is 0.375 e. The monoisotopic (exact) mass is 619 g/mol. The maximum absolute atomic E-state index is 10.9. The number of imidazole rings is 1. The first-order valence-electron chi connectivity index (χ1n) is 16.2. The van der Waals surface area contributed by atoms with Gasteiger partial charge in [0.25, 0.3) is 0 Å². The molecule has 0 aliphatic carbocycles. The van der Waals surface area contributed by atoms with Crippen LogP contribution in [-0.4, -0.2) is 54.0 Å². The van der Waals surface area contributed by atoms with Gasteiger partial charge in [-0.05, 0) is 80.2 Å². The minimum atomic E-state index is -2.00. The van der Waals surface area contributed by atoms with Gasteiger partial charge in [0.05, 0.1) is 16.7 Å². The minimum absolute atomic E-state index is 0.574. The maximum atomic E-state index is 10.9. The van der Waals surface area contributed by atoms with E-state index in [4.69, 9.17) is 9.97 Å². The molecule has 8 heteroatoms. The van der Waals surface area contributed by atoms with E-state index >= 15 is 0 Å². The molecular formula is C40H32B3N3O2. The zero-order valence-electron chi connectivity index (χ0n) is 27.1. The van der Waals surface area contributed by atoms with E-state index in [9.17, 15) is 10.2 Å². The fourth-order valence-corrected chi connectivity index (χ4v) is 6.90. The summed E-state index contributed by atoms with van der Waals surface area (Å²) in [5.74, 6) is 0.574. The van der Waals surface area contributed by atoms with Crippen LogP contribution in [0.3, 0.4) is 0 Å². The van der Waals surface area contributed by atoms with Crippen molar-refractivity contribution in [3.8, 4) is 39.2 Å². The number of benzene rings is 6.